The second-order valence-corrected chi connectivity index (χ2v) is 2.65. The Balaban J connectivity index is 2.39. The van der Waals surface area contributed by atoms with Crippen LogP contribution in [0.3, 0.4) is 0 Å². The van der Waals surface area contributed by atoms with E-state index in [0.717, 1.165) is 6.54 Å². The highest BCUT2D eigenvalue weighted by molar-refractivity contribution is 5.02. The fourth-order valence-electron chi connectivity index (χ4n) is 1.04. The van der Waals surface area contributed by atoms with Crippen LogP contribution in [0.5, 0.6) is 0 Å². The molecule has 1 heterocycles. The Hall–Kier alpha value is -0.660. The highest BCUT2D eigenvalue weighted by Gasteiger charge is 2.03. The van der Waals surface area contributed by atoms with Crippen molar-refractivity contribution in [3.8, 4) is 0 Å². The summed E-state index contributed by atoms with van der Waals surface area (Å²) < 4.78 is 0. The molecule has 1 fully saturated rings. The summed E-state index contributed by atoms with van der Waals surface area (Å²) in [5, 5.41) is 3.31. The van der Waals surface area contributed by atoms with E-state index < -0.39 is 0 Å². The summed E-state index contributed by atoms with van der Waals surface area (Å²) in [6.45, 7) is 1.15. The third kappa shape index (κ3) is 1.96. The lowest BCUT2D eigenvalue weighted by Gasteiger charge is -2.06. The van der Waals surface area contributed by atoms with Crippen molar-refractivity contribution in [2.24, 2.45) is 0 Å². The second kappa shape index (κ2) is 2.76. The van der Waals surface area contributed by atoms with Crippen LogP contribution >= 0.6 is 0 Å². The summed E-state index contributed by atoms with van der Waals surface area (Å²) in [6, 6.07) is 0. The normalized spacial score (nSPS) is 22.2. The molecule has 52 valence electrons. The van der Waals surface area contributed by atoms with E-state index in [1.54, 1.807) is 0 Å². The van der Waals surface area contributed by atoms with Crippen LogP contribution in [-0.2, 0) is 0 Å². The van der Waals surface area contributed by atoms with E-state index in [1.165, 1.54) is 18.5 Å². The summed E-state index contributed by atoms with van der Waals surface area (Å²) in [5.74, 6) is 0. The van der Waals surface area contributed by atoms with Crippen molar-refractivity contribution in [2.45, 2.75) is 12.8 Å². The molecule has 1 aliphatic heterocycles. The van der Waals surface area contributed by atoms with E-state index in [4.69, 9.17) is 0 Å². The molecule has 2 nitrogen and oxygen atoms in total. The van der Waals surface area contributed by atoms with Crippen LogP contribution in [0.25, 0.3) is 0 Å². The number of allylic oxidation sites excluding steroid dienone is 1. The van der Waals surface area contributed by atoms with Gasteiger partial charge in [0.25, 0.3) is 0 Å². The van der Waals surface area contributed by atoms with Gasteiger partial charge in [-0.15, -0.1) is 0 Å². The first-order valence-corrected chi connectivity index (χ1v) is 3.40. The zero-order valence-electron chi connectivity index (χ0n) is 6.15. The maximum Gasteiger partial charge on any atom is 0.0269 e. The lowest BCUT2D eigenvalue weighted by molar-refractivity contribution is 0.553. The van der Waals surface area contributed by atoms with Crippen molar-refractivity contribution in [1.82, 2.24) is 10.2 Å². The molecule has 0 unspecified atom stereocenters. The summed E-state index contributed by atoms with van der Waals surface area (Å²) in [7, 11) is 4.10. The van der Waals surface area contributed by atoms with E-state index in [0.29, 0.717) is 0 Å². The van der Waals surface area contributed by atoms with Gasteiger partial charge in [0.1, 0.15) is 0 Å². The fraction of sp³-hybridized carbons (Fsp3) is 0.714. The zero-order valence-corrected chi connectivity index (χ0v) is 6.15. The summed E-state index contributed by atoms with van der Waals surface area (Å²) in [6.07, 6.45) is 4.66. The van der Waals surface area contributed by atoms with Crippen LogP contribution in [-0.4, -0.2) is 25.5 Å². The third-order valence-corrected chi connectivity index (χ3v) is 1.39. The Morgan fingerprint density at radius 3 is 2.78 bits per heavy atom. The van der Waals surface area contributed by atoms with Crippen molar-refractivity contribution in [3.05, 3.63) is 11.9 Å². The monoisotopic (exact) mass is 126 g/mol. The predicted molar refractivity (Wildman–Crippen MR) is 39.0 cm³/mol. The van der Waals surface area contributed by atoms with E-state index in [2.05, 4.69) is 16.4 Å². The van der Waals surface area contributed by atoms with Crippen LogP contribution in [0.4, 0.5) is 0 Å². The molecule has 1 N–H and O–H groups in total. The van der Waals surface area contributed by atoms with Crippen LogP contribution in [0.1, 0.15) is 12.8 Å². The molecule has 1 rings (SSSR count). The minimum Gasteiger partial charge on any atom is -0.387 e. The third-order valence-electron chi connectivity index (χ3n) is 1.39. The van der Waals surface area contributed by atoms with Gasteiger partial charge >= 0.3 is 0 Å². The van der Waals surface area contributed by atoms with Gasteiger partial charge in [-0.1, -0.05) is 0 Å². The number of nitrogens with zero attached hydrogens (tertiary/aromatic N) is 1. The van der Waals surface area contributed by atoms with Crippen molar-refractivity contribution in [1.29, 1.82) is 0 Å². The predicted octanol–water partition coefficient (Wildman–Crippen LogP) is 0.773. The maximum absolute atomic E-state index is 3.31. The summed E-state index contributed by atoms with van der Waals surface area (Å²) >= 11 is 0. The average Bonchev–Trinajstić information content (AvgIpc) is 2.15. The SMILES string of the molecule is CN(C)/C=C1/CCCN1. The maximum atomic E-state index is 3.31. The number of rotatable bonds is 1. The zero-order chi connectivity index (χ0) is 6.69. The van der Waals surface area contributed by atoms with Crippen LogP contribution < -0.4 is 5.32 Å². The molecule has 1 saturated heterocycles. The Morgan fingerprint density at radius 2 is 2.33 bits per heavy atom. The first-order chi connectivity index (χ1) is 4.29. The molecule has 0 spiro atoms. The molecule has 0 bridgehead atoms. The largest absolute Gasteiger partial charge is 0.387 e. The molecular formula is C7H14N2. The standard InChI is InChI=1S/C7H14N2/c1-9(2)6-7-4-3-5-8-7/h6,8H,3-5H2,1-2H3/b7-6-. The molecule has 1 aliphatic rings. The fourth-order valence-corrected chi connectivity index (χ4v) is 1.04. The van der Waals surface area contributed by atoms with Crippen molar-refractivity contribution in [3.63, 3.8) is 0 Å². The van der Waals surface area contributed by atoms with Crippen LogP contribution in [0.2, 0.25) is 0 Å². The lowest BCUT2D eigenvalue weighted by atomic mass is 10.3. The Bertz CT molecular complexity index is 108. The topological polar surface area (TPSA) is 15.3 Å². The molecule has 0 aromatic heterocycles. The lowest BCUT2D eigenvalue weighted by Crippen LogP contribution is -2.09. The van der Waals surface area contributed by atoms with Gasteiger partial charge in [0, 0.05) is 32.5 Å². The first-order valence-electron chi connectivity index (χ1n) is 3.40. The molecule has 0 atom stereocenters. The van der Waals surface area contributed by atoms with Gasteiger partial charge in [0.2, 0.25) is 0 Å². The van der Waals surface area contributed by atoms with Gasteiger partial charge in [-0.3, -0.25) is 0 Å². The Morgan fingerprint density at radius 1 is 1.56 bits per heavy atom. The van der Waals surface area contributed by atoms with E-state index in [1.807, 2.05) is 14.1 Å². The molecule has 0 aromatic rings. The van der Waals surface area contributed by atoms with Gasteiger partial charge in [0.15, 0.2) is 0 Å². The van der Waals surface area contributed by atoms with Crippen LogP contribution in [0, 0.1) is 0 Å². The van der Waals surface area contributed by atoms with E-state index in [-0.39, 0.29) is 0 Å². The van der Waals surface area contributed by atoms with E-state index >= 15 is 0 Å². The minimum atomic E-state index is 1.15. The molecular weight excluding hydrogens is 112 g/mol. The minimum absolute atomic E-state index is 1.15. The molecule has 0 aliphatic carbocycles. The van der Waals surface area contributed by atoms with Crippen molar-refractivity contribution < 1.29 is 0 Å². The van der Waals surface area contributed by atoms with Gasteiger partial charge in [0.05, 0.1) is 0 Å². The van der Waals surface area contributed by atoms with Crippen molar-refractivity contribution in [2.75, 3.05) is 20.6 Å². The van der Waals surface area contributed by atoms with E-state index in [9.17, 15) is 0 Å². The number of nitrogens with one attached hydrogen (secondary N) is 1. The quantitative estimate of drug-likeness (QED) is 0.558. The Kier molecular flexibility index (Phi) is 1.98. The van der Waals surface area contributed by atoms with Gasteiger partial charge < -0.3 is 10.2 Å². The van der Waals surface area contributed by atoms with Gasteiger partial charge in [-0.25, -0.2) is 0 Å². The van der Waals surface area contributed by atoms with Crippen molar-refractivity contribution >= 4 is 0 Å². The average molecular weight is 126 g/mol. The molecule has 0 amide bonds. The molecule has 2 heteroatoms. The summed E-state index contributed by atoms with van der Waals surface area (Å²) in [4.78, 5) is 2.08. The molecule has 0 aromatic carbocycles. The Labute approximate surface area is 56.5 Å². The van der Waals surface area contributed by atoms with Crippen LogP contribution in [0.15, 0.2) is 11.9 Å². The molecule has 0 saturated carbocycles. The van der Waals surface area contributed by atoms with Gasteiger partial charge in [-0.05, 0) is 12.8 Å². The highest BCUT2D eigenvalue weighted by Crippen LogP contribution is 2.07. The first kappa shape index (κ1) is 6.46. The van der Waals surface area contributed by atoms with Gasteiger partial charge in [-0.2, -0.15) is 0 Å². The number of hydrogen-bond donors (Lipinski definition) is 1. The molecule has 9 heavy (non-hydrogen) atoms. The molecule has 0 radical (unpaired) electrons. The summed E-state index contributed by atoms with van der Waals surface area (Å²) in [5.41, 5.74) is 1.38. The highest BCUT2D eigenvalue weighted by atomic mass is 15.1. The second-order valence-electron chi connectivity index (χ2n) is 2.65. The number of hydrogen-bond acceptors (Lipinski definition) is 2. The smallest absolute Gasteiger partial charge is 0.0269 e.